The number of carbonyl (C=O) groups is 2. The highest BCUT2D eigenvalue weighted by atomic mass is 16.5. The van der Waals surface area contributed by atoms with Crippen LogP contribution in [0, 0.1) is 6.92 Å². The van der Waals surface area contributed by atoms with Crippen LogP contribution in [0.25, 0.3) is 0 Å². The molecule has 0 unspecified atom stereocenters. The number of carbonyl (C=O) groups excluding carboxylic acids is 2. The molecule has 0 aliphatic rings. The Kier molecular flexibility index (Phi) is 7.23. The van der Waals surface area contributed by atoms with Gasteiger partial charge in [-0.3, -0.25) is 4.79 Å². The number of nitrogens with one attached hydrogen (secondary N) is 1. The topological polar surface area (TPSA) is 73.9 Å². The van der Waals surface area contributed by atoms with Crippen molar-refractivity contribution in [2.75, 3.05) is 25.1 Å². The quantitative estimate of drug-likeness (QED) is 0.703. The number of amides is 1. The Labute approximate surface area is 159 Å². The predicted octanol–water partition coefficient (Wildman–Crippen LogP) is 4.22. The minimum atomic E-state index is -0.423. The Bertz CT molecular complexity index is 816. The maximum absolute atomic E-state index is 12.7. The molecule has 0 fully saturated rings. The number of hydrogen-bond donors (Lipinski definition) is 1. The Morgan fingerprint density at radius 2 is 1.52 bits per heavy atom. The normalized spacial score (nSPS) is 10.2. The maximum atomic E-state index is 12.7. The van der Waals surface area contributed by atoms with E-state index in [0.29, 0.717) is 48.1 Å². The van der Waals surface area contributed by atoms with E-state index in [1.54, 1.807) is 43.3 Å². The van der Waals surface area contributed by atoms with Crippen molar-refractivity contribution in [1.82, 2.24) is 0 Å². The van der Waals surface area contributed by atoms with Crippen LogP contribution >= 0.6 is 0 Å². The average molecular weight is 371 g/mol. The van der Waals surface area contributed by atoms with Crippen molar-refractivity contribution in [3.63, 3.8) is 0 Å². The molecule has 1 amide bonds. The van der Waals surface area contributed by atoms with E-state index in [9.17, 15) is 9.59 Å². The first-order chi connectivity index (χ1) is 13.0. The van der Waals surface area contributed by atoms with Gasteiger partial charge in [0.05, 0.1) is 25.4 Å². The van der Waals surface area contributed by atoms with Crippen LogP contribution in [-0.4, -0.2) is 31.7 Å². The number of aryl methyl sites for hydroxylation is 1. The number of ether oxygens (including phenoxy) is 3. The van der Waals surface area contributed by atoms with E-state index in [4.69, 9.17) is 14.2 Å². The molecule has 0 aliphatic carbocycles. The summed E-state index contributed by atoms with van der Waals surface area (Å²) < 4.78 is 16.1. The molecular weight excluding hydrogens is 346 g/mol. The predicted molar refractivity (Wildman–Crippen MR) is 104 cm³/mol. The molecule has 0 atom stereocenters. The molecule has 2 aromatic carbocycles. The monoisotopic (exact) mass is 371 g/mol. The molecule has 0 bridgehead atoms. The number of anilines is 1. The highest BCUT2D eigenvalue weighted by Gasteiger charge is 2.14. The third-order valence-electron chi connectivity index (χ3n) is 3.80. The zero-order valence-corrected chi connectivity index (χ0v) is 16.1. The van der Waals surface area contributed by atoms with Gasteiger partial charge < -0.3 is 19.5 Å². The van der Waals surface area contributed by atoms with Gasteiger partial charge in [0.2, 0.25) is 0 Å². The first-order valence-corrected chi connectivity index (χ1v) is 8.98. The second-order valence-corrected chi connectivity index (χ2v) is 5.73. The zero-order valence-electron chi connectivity index (χ0n) is 16.1. The number of esters is 1. The number of benzene rings is 2. The van der Waals surface area contributed by atoms with Gasteiger partial charge >= 0.3 is 5.97 Å². The lowest BCUT2D eigenvalue weighted by Gasteiger charge is -2.13. The van der Waals surface area contributed by atoms with Crippen LogP contribution in [0.4, 0.5) is 5.69 Å². The van der Waals surface area contributed by atoms with Crippen molar-refractivity contribution < 1.29 is 23.8 Å². The van der Waals surface area contributed by atoms with Crippen molar-refractivity contribution in [2.24, 2.45) is 0 Å². The molecule has 0 aromatic heterocycles. The van der Waals surface area contributed by atoms with E-state index in [0.717, 1.165) is 5.56 Å². The Hall–Kier alpha value is -3.02. The van der Waals surface area contributed by atoms with E-state index in [1.807, 2.05) is 20.8 Å². The van der Waals surface area contributed by atoms with Gasteiger partial charge in [-0.25, -0.2) is 4.79 Å². The van der Waals surface area contributed by atoms with E-state index < -0.39 is 5.97 Å². The van der Waals surface area contributed by atoms with Crippen LogP contribution in [0.5, 0.6) is 11.5 Å². The molecule has 0 spiro atoms. The summed E-state index contributed by atoms with van der Waals surface area (Å²) in [6.07, 6.45) is 0. The second-order valence-electron chi connectivity index (χ2n) is 5.73. The van der Waals surface area contributed by atoms with Gasteiger partial charge in [0.1, 0.15) is 0 Å². The maximum Gasteiger partial charge on any atom is 0.338 e. The van der Waals surface area contributed by atoms with Crippen LogP contribution < -0.4 is 14.8 Å². The van der Waals surface area contributed by atoms with Gasteiger partial charge in [0, 0.05) is 11.3 Å². The highest BCUT2D eigenvalue weighted by Crippen LogP contribution is 2.29. The molecule has 6 heteroatoms. The molecule has 0 heterocycles. The number of hydrogen-bond acceptors (Lipinski definition) is 5. The van der Waals surface area contributed by atoms with Crippen LogP contribution in [0.2, 0.25) is 0 Å². The number of rotatable bonds is 8. The molecule has 2 rings (SSSR count). The van der Waals surface area contributed by atoms with Crippen molar-refractivity contribution in [1.29, 1.82) is 0 Å². The summed E-state index contributed by atoms with van der Waals surface area (Å²) in [7, 11) is 0. The second kappa shape index (κ2) is 9.62. The molecular formula is C21H25NO5. The first kappa shape index (κ1) is 20.3. The van der Waals surface area contributed by atoms with Crippen LogP contribution in [0.1, 0.15) is 47.1 Å². The van der Waals surface area contributed by atoms with Gasteiger partial charge in [-0.05, 0) is 63.6 Å². The Morgan fingerprint density at radius 1 is 0.852 bits per heavy atom. The van der Waals surface area contributed by atoms with E-state index >= 15 is 0 Å². The Morgan fingerprint density at radius 3 is 2.19 bits per heavy atom. The summed E-state index contributed by atoms with van der Waals surface area (Å²) in [5.41, 5.74) is 2.21. The minimum Gasteiger partial charge on any atom is -0.490 e. The van der Waals surface area contributed by atoms with Crippen molar-refractivity contribution in [3.05, 3.63) is 53.1 Å². The lowest BCUT2D eigenvalue weighted by Crippen LogP contribution is -2.14. The molecule has 0 aliphatic heterocycles. The lowest BCUT2D eigenvalue weighted by atomic mass is 10.1. The van der Waals surface area contributed by atoms with Crippen LogP contribution in [0.15, 0.2) is 36.4 Å². The van der Waals surface area contributed by atoms with Crippen LogP contribution in [0.3, 0.4) is 0 Å². The molecule has 6 nitrogen and oxygen atoms in total. The summed E-state index contributed by atoms with van der Waals surface area (Å²) in [4.78, 5) is 24.6. The summed E-state index contributed by atoms with van der Waals surface area (Å²) in [6, 6.07) is 10.1. The van der Waals surface area contributed by atoms with Crippen LogP contribution in [-0.2, 0) is 4.74 Å². The average Bonchev–Trinajstić information content (AvgIpc) is 2.65. The SMILES string of the molecule is CCOC(=O)c1ccc(C)c(NC(=O)c2ccc(OCC)c(OCC)c2)c1. The molecule has 0 saturated heterocycles. The van der Waals surface area contributed by atoms with Crippen molar-refractivity contribution in [2.45, 2.75) is 27.7 Å². The van der Waals surface area contributed by atoms with Crippen molar-refractivity contribution in [3.8, 4) is 11.5 Å². The zero-order chi connectivity index (χ0) is 19.8. The van der Waals surface area contributed by atoms with Gasteiger partial charge in [-0.1, -0.05) is 6.07 Å². The van der Waals surface area contributed by atoms with E-state index in [1.165, 1.54) is 0 Å². The third kappa shape index (κ3) is 5.23. The molecule has 0 saturated carbocycles. The van der Waals surface area contributed by atoms with E-state index in [-0.39, 0.29) is 5.91 Å². The largest absolute Gasteiger partial charge is 0.490 e. The first-order valence-electron chi connectivity index (χ1n) is 8.98. The fraction of sp³-hybridized carbons (Fsp3) is 0.333. The van der Waals surface area contributed by atoms with Gasteiger partial charge in [-0.15, -0.1) is 0 Å². The summed E-state index contributed by atoms with van der Waals surface area (Å²) in [6.45, 7) is 8.62. The minimum absolute atomic E-state index is 0.292. The highest BCUT2D eigenvalue weighted by molar-refractivity contribution is 6.05. The standard InChI is InChI=1S/C21H25NO5/c1-5-25-18-11-10-15(13-19(18)26-6-2)20(23)22-17-12-16(9-8-14(17)4)21(24)27-7-3/h8-13H,5-7H2,1-4H3,(H,22,23). The fourth-order valence-corrected chi connectivity index (χ4v) is 2.48. The van der Waals surface area contributed by atoms with E-state index in [2.05, 4.69) is 5.32 Å². The van der Waals surface area contributed by atoms with Gasteiger partial charge in [-0.2, -0.15) is 0 Å². The van der Waals surface area contributed by atoms with Crippen molar-refractivity contribution >= 4 is 17.6 Å². The summed E-state index contributed by atoms with van der Waals surface area (Å²) in [5, 5.41) is 2.84. The molecule has 1 N–H and O–H groups in total. The molecule has 0 radical (unpaired) electrons. The fourth-order valence-electron chi connectivity index (χ4n) is 2.48. The smallest absolute Gasteiger partial charge is 0.338 e. The molecule has 144 valence electrons. The summed E-state index contributed by atoms with van der Waals surface area (Å²) in [5.74, 6) is 0.385. The molecule has 2 aromatic rings. The molecule has 27 heavy (non-hydrogen) atoms. The summed E-state index contributed by atoms with van der Waals surface area (Å²) >= 11 is 0. The lowest BCUT2D eigenvalue weighted by molar-refractivity contribution is 0.0526. The third-order valence-corrected chi connectivity index (χ3v) is 3.80. The van der Waals surface area contributed by atoms with Gasteiger partial charge in [0.25, 0.3) is 5.91 Å². The Balaban J connectivity index is 2.25. The van der Waals surface area contributed by atoms with Gasteiger partial charge in [0.15, 0.2) is 11.5 Å².